The molecule has 4 heteroatoms. The first kappa shape index (κ1) is 56.4. The van der Waals surface area contributed by atoms with E-state index < -0.39 is 0 Å². The number of nitrogens with zero attached hydrogens (tertiary/aromatic N) is 2. The van der Waals surface area contributed by atoms with Crippen LogP contribution in [0, 0.1) is 49.4 Å². The number of H-pyrrole nitrogens is 2. The Labute approximate surface area is 478 Å². The third kappa shape index (κ3) is 13.6. The quantitative estimate of drug-likeness (QED) is 0.0468. The van der Waals surface area contributed by atoms with Crippen LogP contribution < -0.4 is 0 Å². The van der Waals surface area contributed by atoms with Crippen LogP contribution in [-0.4, -0.2) is 19.9 Å². The summed E-state index contributed by atoms with van der Waals surface area (Å²) in [6.45, 7) is 9.01. The standard InChI is InChI=1S/C76H78N4/c1-9-17-21-25-29-57-41-53(13-5)45-61(49-57)73-65-33-35-67(77-65)74(62-46-54(14-6)42-58(50-62)30-26-22-18-10-2)69-37-39-71(79-69)76(64-48-56(16-8)44-60(52-64)32-28-24-20-12-4)72-40-38-70(80-72)75(68-36-34-66(73)78-68)63-47-55(15-7)43-59(51-63)31-27-23-19-11-3/h5-8,33-52,77,80H,9-12,17-32H2,1-4H3. The fourth-order valence-electron chi connectivity index (χ4n) is 11.7. The van der Waals surface area contributed by atoms with E-state index in [0.29, 0.717) is 0 Å². The predicted molar refractivity (Wildman–Crippen MR) is 344 cm³/mol. The highest BCUT2D eigenvalue weighted by molar-refractivity contribution is 6.00. The van der Waals surface area contributed by atoms with Crippen LogP contribution in [0.25, 0.3) is 90.9 Å². The third-order valence-electron chi connectivity index (χ3n) is 15.8. The number of fused-ring (bicyclic) bond motifs is 8. The van der Waals surface area contributed by atoms with E-state index in [0.717, 1.165) is 163 Å². The second kappa shape index (κ2) is 27.5. The molecule has 4 nitrogen and oxygen atoms in total. The van der Waals surface area contributed by atoms with Crippen molar-refractivity contribution in [3.8, 4) is 93.9 Å². The average molecular weight is 1050 g/mol. The minimum absolute atomic E-state index is 0.826. The van der Waals surface area contributed by atoms with Crippen LogP contribution in [0.3, 0.4) is 0 Å². The Balaban J connectivity index is 1.41. The molecule has 2 aliphatic heterocycles. The second-order valence-corrected chi connectivity index (χ2v) is 22.0. The van der Waals surface area contributed by atoms with Crippen molar-refractivity contribution in [3.63, 3.8) is 0 Å². The molecule has 3 aromatic heterocycles. The number of terminal acetylenes is 4. The van der Waals surface area contributed by atoms with E-state index in [1.165, 1.54) is 99.3 Å². The molecular weight excluding hydrogens is 969 g/mol. The normalized spacial score (nSPS) is 11.6. The summed E-state index contributed by atoms with van der Waals surface area (Å²) in [5, 5.41) is 0. The average Bonchev–Trinajstić information content (AvgIpc) is 4.39. The lowest BCUT2D eigenvalue weighted by Gasteiger charge is -2.11. The first-order chi connectivity index (χ1) is 39.3. The Hall–Kier alpha value is -8.28. The van der Waals surface area contributed by atoms with Crippen LogP contribution in [0.2, 0.25) is 0 Å². The largest absolute Gasteiger partial charge is 0.354 e. The minimum Gasteiger partial charge on any atom is -0.354 e. The van der Waals surface area contributed by atoms with E-state index in [9.17, 15) is 0 Å². The highest BCUT2D eigenvalue weighted by atomic mass is 14.8. The van der Waals surface area contributed by atoms with Gasteiger partial charge in [-0.2, -0.15) is 0 Å². The first-order valence-electron chi connectivity index (χ1n) is 29.9. The van der Waals surface area contributed by atoms with Gasteiger partial charge in [0.25, 0.3) is 0 Å². The topological polar surface area (TPSA) is 57.4 Å². The number of aromatic nitrogens is 4. The van der Waals surface area contributed by atoms with Crippen LogP contribution in [-0.2, 0) is 25.7 Å². The summed E-state index contributed by atoms with van der Waals surface area (Å²) in [6.07, 6.45) is 56.2. The summed E-state index contributed by atoms with van der Waals surface area (Å²) in [7, 11) is 0. The van der Waals surface area contributed by atoms with Gasteiger partial charge in [0, 0.05) is 66.6 Å². The monoisotopic (exact) mass is 1050 g/mol. The van der Waals surface area contributed by atoms with Crippen molar-refractivity contribution in [2.24, 2.45) is 0 Å². The fourth-order valence-corrected chi connectivity index (χ4v) is 11.7. The highest BCUT2D eigenvalue weighted by Gasteiger charge is 2.21. The van der Waals surface area contributed by atoms with Crippen molar-refractivity contribution in [1.82, 2.24) is 19.9 Å². The summed E-state index contributed by atoms with van der Waals surface area (Å²) in [4.78, 5) is 19.4. The lowest BCUT2D eigenvalue weighted by atomic mass is 9.96. The Morgan fingerprint density at radius 2 is 0.550 bits per heavy atom. The highest BCUT2D eigenvalue weighted by Crippen LogP contribution is 2.40. The zero-order valence-corrected chi connectivity index (χ0v) is 47.9. The molecule has 5 heterocycles. The molecule has 402 valence electrons. The molecule has 0 spiro atoms. The predicted octanol–water partition coefficient (Wildman–Crippen LogP) is 19.7. The lowest BCUT2D eigenvalue weighted by Crippen LogP contribution is -1.94. The Morgan fingerprint density at radius 3 is 0.762 bits per heavy atom. The van der Waals surface area contributed by atoms with Crippen molar-refractivity contribution in [3.05, 3.63) is 164 Å². The van der Waals surface area contributed by atoms with Crippen molar-refractivity contribution >= 4 is 46.4 Å². The van der Waals surface area contributed by atoms with Crippen molar-refractivity contribution in [2.75, 3.05) is 0 Å². The van der Waals surface area contributed by atoms with Gasteiger partial charge in [0.05, 0.1) is 22.8 Å². The number of unbranched alkanes of at least 4 members (excludes halogenated alkanes) is 12. The van der Waals surface area contributed by atoms with Crippen LogP contribution >= 0.6 is 0 Å². The number of nitrogens with one attached hydrogen (secondary N) is 2. The van der Waals surface area contributed by atoms with Gasteiger partial charge >= 0.3 is 0 Å². The van der Waals surface area contributed by atoms with Gasteiger partial charge < -0.3 is 9.97 Å². The Morgan fingerprint density at radius 1 is 0.312 bits per heavy atom. The molecule has 8 bridgehead atoms. The molecule has 0 saturated heterocycles. The van der Waals surface area contributed by atoms with E-state index in [-0.39, 0.29) is 0 Å². The maximum Gasteiger partial charge on any atom is 0.0737 e. The van der Waals surface area contributed by atoms with Gasteiger partial charge in [0.2, 0.25) is 0 Å². The minimum atomic E-state index is 0.826. The van der Waals surface area contributed by atoms with Gasteiger partial charge in [-0.15, -0.1) is 25.7 Å². The molecule has 0 radical (unpaired) electrons. The fraction of sp³-hybridized carbons (Fsp3) is 0.316. The smallest absolute Gasteiger partial charge is 0.0737 e. The van der Waals surface area contributed by atoms with Crippen molar-refractivity contribution in [1.29, 1.82) is 0 Å². The zero-order chi connectivity index (χ0) is 55.8. The maximum atomic E-state index is 6.31. The van der Waals surface area contributed by atoms with Crippen LogP contribution in [0.15, 0.2) is 97.1 Å². The lowest BCUT2D eigenvalue weighted by molar-refractivity contribution is 0.667. The Kier molecular flexibility index (Phi) is 19.4. The molecule has 9 rings (SSSR count). The molecule has 7 aromatic rings. The van der Waals surface area contributed by atoms with Gasteiger partial charge in [-0.25, -0.2) is 9.97 Å². The van der Waals surface area contributed by atoms with E-state index in [4.69, 9.17) is 35.7 Å². The van der Waals surface area contributed by atoms with Gasteiger partial charge in [-0.05, 0) is 193 Å². The van der Waals surface area contributed by atoms with Crippen LogP contribution in [0.1, 0.15) is 198 Å². The van der Waals surface area contributed by atoms with E-state index >= 15 is 0 Å². The van der Waals surface area contributed by atoms with Crippen molar-refractivity contribution in [2.45, 2.75) is 156 Å². The van der Waals surface area contributed by atoms with Gasteiger partial charge in [-0.1, -0.05) is 153 Å². The number of aryl methyl sites for hydroxylation is 4. The molecular formula is C76H78N4. The Bertz CT molecular complexity index is 3290. The van der Waals surface area contributed by atoms with E-state index in [1.54, 1.807) is 0 Å². The summed E-state index contributed by atoms with van der Waals surface area (Å²) < 4.78 is 0. The maximum absolute atomic E-state index is 6.31. The van der Waals surface area contributed by atoms with E-state index in [1.807, 2.05) is 0 Å². The SMILES string of the molecule is C#Cc1cc(CCCCCC)cc(-c2c3nc(c(-c4cc(C#C)cc(CCCCCC)c4)c4ccc([nH]4)c(-c4cc(C#C)cc(CCCCCC)c4)c4nc(c(-c5cc(C#C)cc(CCCCCC)c5)c5ccc2[nH]5)C=C4)C=C3)c1. The van der Waals surface area contributed by atoms with Crippen molar-refractivity contribution < 1.29 is 0 Å². The molecule has 0 atom stereocenters. The molecule has 4 aromatic carbocycles. The molecule has 0 fully saturated rings. The van der Waals surface area contributed by atoms with Crippen LogP contribution in [0.5, 0.6) is 0 Å². The number of hydrogen-bond donors (Lipinski definition) is 2. The van der Waals surface area contributed by atoms with Gasteiger partial charge in [-0.3, -0.25) is 0 Å². The summed E-state index contributed by atoms with van der Waals surface area (Å²) >= 11 is 0. The number of aromatic amines is 2. The second-order valence-electron chi connectivity index (χ2n) is 22.0. The molecule has 0 aliphatic carbocycles. The molecule has 2 aliphatic rings. The number of rotatable bonds is 24. The number of benzene rings is 4. The summed E-state index contributed by atoms with van der Waals surface area (Å²) in [5.41, 5.74) is 23.1. The molecule has 2 N–H and O–H groups in total. The zero-order valence-electron chi connectivity index (χ0n) is 47.9. The van der Waals surface area contributed by atoms with Gasteiger partial charge in [0.1, 0.15) is 0 Å². The number of hydrogen-bond acceptors (Lipinski definition) is 2. The molecule has 0 amide bonds. The third-order valence-corrected chi connectivity index (χ3v) is 15.8. The molecule has 80 heavy (non-hydrogen) atoms. The van der Waals surface area contributed by atoms with Crippen LogP contribution in [0.4, 0.5) is 0 Å². The van der Waals surface area contributed by atoms with E-state index in [2.05, 4.69) is 183 Å². The summed E-state index contributed by atoms with van der Waals surface area (Å²) in [6, 6.07) is 35.3. The molecule has 0 saturated carbocycles. The van der Waals surface area contributed by atoms with Gasteiger partial charge in [0.15, 0.2) is 0 Å². The summed E-state index contributed by atoms with van der Waals surface area (Å²) in [5.74, 6) is 12.0. The molecule has 0 unspecified atom stereocenters. The first-order valence-corrected chi connectivity index (χ1v) is 29.9.